The van der Waals surface area contributed by atoms with E-state index in [2.05, 4.69) is 27.1 Å². The number of thioether (sulfide) groups is 1. The minimum absolute atomic E-state index is 0.514. The lowest BCUT2D eigenvalue weighted by molar-refractivity contribution is 0.252. The van der Waals surface area contributed by atoms with E-state index in [1.54, 1.807) is 30.5 Å². The van der Waals surface area contributed by atoms with Gasteiger partial charge in [0.05, 0.1) is 17.3 Å². The van der Waals surface area contributed by atoms with Crippen molar-refractivity contribution >= 4 is 40.2 Å². The second kappa shape index (κ2) is 9.94. The first kappa shape index (κ1) is 22.5. The van der Waals surface area contributed by atoms with Gasteiger partial charge in [-0.05, 0) is 42.9 Å². The molecule has 0 unspecified atom stereocenters. The van der Waals surface area contributed by atoms with Crippen LogP contribution >= 0.6 is 11.8 Å². The molecule has 0 spiro atoms. The summed E-state index contributed by atoms with van der Waals surface area (Å²) in [4.78, 5) is 14.9. The molecule has 4 aromatic rings. The molecular weight excluding hydrogens is 456 g/mol. The Morgan fingerprint density at radius 2 is 1.71 bits per heavy atom. The first-order chi connectivity index (χ1) is 16.6. The highest BCUT2D eigenvalue weighted by atomic mass is 32.2. The summed E-state index contributed by atoms with van der Waals surface area (Å²) < 4.78 is 27.1. The van der Waals surface area contributed by atoms with E-state index < -0.39 is 5.76 Å². The zero-order chi connectivity index (χ0) is 23.5. The Balaban J connectivity index is 1.52. The number of benzene rings is 2. The van der Waals surface area contributed by atoms with Crippen LogP contribution in [0.5, 0.6) is 0 Å². The second-order valence-corrected chi connectivity index (χ2v) is 9.01. The molecule has 2 aromatic heterocycles. The van der Waals surface area contributed by atoms with Crippen molar-refractivity contribution in [1.29, 1.82) is 0 Å². The van der Waals surface area contributed by atoms with E-state index in [1.807, 2.05) is 35.0 Å². The van der Waals surface area contributed by atoms with Crippen molar-refractivity contribution in [3.8, 4) is 5.69 Å². The maximum Gasteiger partial charge on any atom is 0.288 e. The third-order valence-corrected chi connectivity index (χ3v) is 6.58. The van der Waals surface area contributed by atoms with E-state index in [-0.39, 0.29) is 0 Å². The molecule has 1 aliphatic heterocycles. The van der Waals surface area contributed by atoms with E-state index in [0.717, 1.165) is 49.5 Å². The lowest BCUT2D eigenvalue weighted by Gasteiger charge is -2.34. The molecule has 5 rings (SSSR count). The molecule has 0 atom stereocenters. The van der Waals surface area contributed by atoms with Crippen LogP contribution in [0.15, 0.2) is 65.7 Å². The van der Waals surface area contributed by atoms with Crippen molar-refractivity contribution in [2.45, 2.75) is 17.6 Å². The minimum atomic E-state index is -2.44. The van der Waals surface area contributed by atoms with Gasteiger partial charge in [0.15, 0.2) is 5.65 Å². The maximum atomic E-state index is 12.7. The summed E-state index contributed by atoms with van der Waals surface area (Å²) in [5.41, 5.74) is 2.38. The van der Waals surface area contributed by atoms with Crippen molar-refractivity contribution < 1.29 is 8.78 Å². The Hall–Kier alpha value is -3.24. The Kier molecular flexibility index (Phi) is 6.59. The lowest BCUT2D eigenvalue weighted by atomic mass is 10.3. The molecule has 0 radical (unpaired) electrons. The van der Waals surface area contributed by atoms with Gasteiger partial charge in [0, 0.05) is 36.8 Å². The number of anilines is 3. The standard InChI is InChI=1S/C24H25F2N7S/c1-2-31-12-14-32(15-13-31)24-29-21(28-17-8-10-19(11-9-17)34-23(25)26)20-16-27-33(22(20)30-24)18-6-4-3-5-7-18/h3-11,16,23H,2,12-15H2,1H3,(H,28,29,30). The van der Waals surface area contributed by atoms with E-state index in [1.165, 1.54) is 0 Å². The van der Waals surface area contributed by atoms with Crippen molar-refractivity contribution in [1.82, 2.24) is 24.6 Å². The molecule has 0 amide bonds. The molecule has 1 aliphatic rings. The number of nitrogens with one attached hydrogen (secondary N) is 1. The van der Waals surface area contributed by atoms with Gasteiger partial charge in [-0.3, -0.25) is 0 Å². The normalized spacial score (nSPS) is 14.8. The topological polar surface area (TPSA) is 62.1 Å². The fraction of sp³-hybridized carbons (Fsp3) is 0.292. The number of fused-ring (bicyclic) bond motifs is 1. The fourth-order valence-corrected chi connectivity index (χ4v) is 4.51. The number of rotatable bonds is 7. The number of nitrogens with zero attached hydrogens (tertiary/aromatic N) is 6. The van der Waals surface area contributed by atoms with E-state index in [0.29, 0.717) is 34.1 Å². The van der Waals surface area contributed by atoms with Gasteiger partial charge in [-0.2, -0.15) is 23.8 Å². The van der Waals surface area contributed by atoms with Gasteiger partial charge in [0.2, 0.25) is 5.95 Å². The van der Waals surface area contributed by atoms with Gasteiger partial charge in [0.1, 0.15) is 5.82 Å². The highest BCUT2D eigenvalue weighted by Crippen LogP contribution is 2.30. The van der Waals surface area contributed by atoms with Crippen molar-refractivity contribution in [3.05, 3.63) is 60.8 Å². The smallest absolute Gasteiger partial charge is 0.288 e. The van der Waals surface area contributed by atoms with Crippen LogP contribution in [0.1, 0.15) is 6.92 Å². The molecule has 10 heteroatoms. The van der Waals surface area contributed by atoms with Gasteiger partial charge in [-0.25, -0.2) is 4.68 Å². The van der Waals surface area contributed by atoms with Crippen LogP contribution in [-0.4, -0.2) is 63.1 Å². The lowest BCUT2D eigenvalue weighted by Crippen LogP contribution is -2.46. The molecule has 7 nitrogen and oxygen atoms in total. The average Bonchev–Trinajstić information content (AvgIpc) is 3.30. The summed E-state index contributed by atoms with van der Waals surface area (Å²) >= 11 is 0.529. The number of hydrogen-bond acceptors (Lipinski definition) is 7. The molecule has 1 N–H and O–H groups in total. The van der Waals surface area contributed by atoms with Crippen LogP contribution in [0.3, 0.4) is 0 Å². The van der Waals surface area contributed by atoms with Gasteiger partial charge >= 0.3 is 0 Å². The van der Waals surface area contributed by atoms with Gasteiger partial charge < -0.3 is 15.1 Å². The third-order valence-electron chi connectivity index (χ3n) is 5.86. The summed E-state index contributed by atoms with van der Waals surface area (Å²) in [5, 5.41) is 8.72. The molecule has 0 bridgehead atoms. The zero-order valence-corrected chi connectivity index (χ0v) is 19.6. The first-order valence-corrected chi connectivity index (χ1v) is 12.1. The molecule has 0 saturated carbocycles. The fourth-order valence-electron chi connectivity index (χ4n) is 4.01. The Bertz CT molecular complexity index is 1240. The quantitative estimate of drug-likeness (QED) is 0.372. The van der Waals surface area contributed by atoms with Crippen LogP contribution in [-0.2, 0) is 0 Å². The average molecular weight is 482 g/mol. The predicted octanol–water partition coefficient (Wildman–Crippen LogP) is 5.02. The van der Waals surface area contributed by atoms with Crippen molar-refractivity contribution in [2.75, 3.05) is 42.9 Å². The molecule has 1 fully saturated rings. The number of halogens is 2. The van der Waals surface area contributed by atoms with Crippen molar-refractivity contribution in [3.63, 3.8) is 0 Å². The number of alkyl halides is 2. The number of likely N-dealkylation sites (N-methyl/N-ethyl adjacent to an activating group) is 1. The molecule has 1 saturated heterocycles. The van der Waals surface area contributed by atoms with Crippen LogP contribution < -0.4 is 10.2 Å². The Labute approximate surface area is 200 Å². The molecule has 176 valence electrons. The third kappa shape index (κ3) is 4.83. The number of hydrogen-bond donors (Lipinski definition) is 1. The van der Waals surface area contributed by atoms with Crippen molar-refractivity contribution in [2.24, 2.45) is 0 Å². The second-order valence-electron chi connectivity index (χ2n) is 7.95. The summed E-state index contributed by atoms with van der Waals surface area (Å²) in [6, 6.07) is 16.8. The van der Waals surface area contributed by atoms with Gasteiger partial charge in [0.25, 0.3) is 5.76 Å². The minimum Gasteiger partial charge on any atom is -0.339 e. The SMILES string of the molecule is CCN1CCN(c2nc(Nc3ccc(SC(F)F)cc3)c3cnn(-c4ccccc4)c3n2)CC1. The summed E-state index contributed by atoms with van der Waals surface area (Å²) in [7, 11) is 0. The number of aromatic nitrogens is 4. The highest BCUT2D eigenvalue weighted by Gasteiger charge is 2.21. The van der Waals surface area contributed by atoms with E-state index in [4.69, 9.17) is 9.97 Å². The number of piperazine rings is 1. The van der Waals surface area contributed by atoms with Crippen LogP contribution in [0.4, 0.5) is 26.2 Å². The van der Waals surface area contributed by atoms with Crippen LogP contribution in [0.2, 0.25) is 0 Å². The largest absolute Gasteiger partial charge is 0.339 e. The van der Waals surface area contributed by atoms with Crippen LogP contribution in [0, 0.1) is 0 Å². The Morgan fingerprint density at radius 1 is 0.971 bits per heavy atom. The van der Waals surface area contributed by atoms with E-state index in [9.17, 15) is 8.78 Å². The summed E-state index contributed by atoms with van der Waals surface area (Å²) in [5.74, 6) is -1.16. The van der Waals surface area contributed by atoms with Gasteiger partial charge in [-0.1, -0.05) is 36.9 Å². The van der Waals surface area contributed by atoms with Gasteiger partial charge in [-0.15, -0.1) is 0 Å². The highest BCUT2D eigenvalue weighted by molar-refractivity contribution is 7.99. The maximum absolute atomic E-state index is 12.7. The monoisotopic (exact) mass is 481 g/mol. The zero-order valence-electron chi connectivity index (χ0n) is 18.7. The summed E-state index contributed by atoms with van der Waals surface area (Å²) in [6.45, 7) is 6.81. The summed E-state index contributed by atoms with van der Waals surface area (Å²) in [6.07, 6.45) is 1.75. The predicted molar refractivity (Wildman–Crippen MR) is 133 cm³/mol. The molecular formula is C24H25F2N7S. The molecule has 3 heterocycles. The molecule has 2 aromatic carbocycles. The van der Waals surface area contributed by atoms with Crippen LogP contribution in [0.25, 0.3) is 16.7 Å². The molecule has 0 aliphatic carbocycles. The number of para-hydroxylation sites is 1. The molecule has 34 heavy (non-hydrogen) atoms. The Morgan fingerprint density at radius 3 is 2.38 bits per heavy atom. The first-order valence-electron chi connectivity index (χ1n) is 11.2. The van der Waals surface area contributed by atoms with E-state index >= 15 is 0 Å².